The van der Waals surface area contributed by atoms with E-state index in [1.165, 1.54) is 18.9 Å². The molecule has 1 aliphatic rings. The molecule has 0 radical (unpaired) electrons. The number of carbonyl (C=O) groups excluding carboxylic acids is 2. The summed E-state index contributed by atoms with van der Waals surface area (Å²) >= 11 is 1.38. The van der Waals surface area contributed by atoms with E-state index in [-0.39, 0.29) is 0 Å². The van der Waals surface area contributed by atoms with Gasteiger partial charge >= 0.3 is 5.97 Å². The molecule has 2 aromatic rings. The van der Waals surface area contributed by atoms with E-state index >= 15 is 0 Å². The highest BCUT2D eigenvalue weighted by Gasteiger charge is 2.44. The standard InChI is InChI=1S/C22H20N2O3S/c1-14-8-10-16(11-9-14)18-17(12-23)21(24-20(25)19(18)22(26)27-2)28-13-15-6-4-3-5-7-15/h3-11,18-19H,13H2,1-2H3,(H,24,25). The number of nitrogens with zero attached hydrogens (tertiary/aromatic N) is 1. The van der Waals surface area contributed by atoms with Crippen molar-refractivity contribution < 1.29 is 14.3 Å². The van der Waals surface area contributed by atoms with Crippen LogP contribution in [0.25, 0.3) is 0 Å². The van der Waals surface area contributed by atoms with Crippen LogP contribution in [0, 0.1) is 24.2 Å². The molecule has 0 saturated carbocycles. The smallest absolute Gasteiger partial charge is 0.319 e. The third-order valence-electron chi connectivity index (χ3n) is 4.65. The third-order valence-corrected chi connectivity index (χ3v) is 5.73. The Kier molecular flexibility index (Phi) is 6.17. The molecule has 1 N–H and O–H groups in total. The lowest BCUT2D eigenvalue weighted by Gasteiger charge is -2.31. The normalized spacial score (nSPS) is 19.0. The van der Waals surface area contributed by atoms with Crippen molar-refractivity contribution in [3.8, 4) is 6.07 Å². The fourth-order valence-electron chi connectivity index (χ4n) is 3.18. The summed E-state index contributed by atoms with van der Waals surface area (Å²) in [5, 5.41) is 13.1. The van der Waals surface area contributed by atoms with Gasteiger partial charge in [-0.25, -0.2) is 0 Å². The van der Waals surface area contributed by atoms with Gasteiger partial charge in [-0.2, -0.15) is 5.26 Å². The SMILES string of the molecule is COC(=O)C1C(=O)NC(SCc2ccccc2)=C(C#N)C1c1ccc(C)cc1. The van der Waals surface area contributed by atoms with Crippen LogP contribution in [0.5, 0.6) is 0 Å². The van der Waals surface area contributed by atoms with Gasteiger partial charge in [-0.05, 0) is 18.1 Å². The van der Waals surface area contributed by atoms with E-state index in [0.717, 1.165) is 16.7 Å². The Bertz CT molecular complexity index is 946. The number of aryl methyl sites for hydroxylation is 1. The van der Waals surface area contributed by atoms with Gasteiger partial charge in [0.25, 0.3) is 0 Å². The molecule has 0 saturated heterocycles. The van der Waals surface area contributed by atoms with Gasteiger partial charge in [0.15, 0.2) is 0 Å². The molecule has 0 bridgehead atoms. The van der Waals surface area contributed by atoms with Gasteiger partial charge in [0.2, 0.25) is 5.91 Å². The quantitative estimate of drug-likeness (QED) is 0.620. The minimum absolute atomic E-state index is 0.375. The number of hydrogen-bond donors (Lipinski definition) is 1. The van der Waals surface area contributed by atoms with Gasteiger partial charge in [-0.15, -0.1) is 11.8 Å². The highest BCUT2D eigenvalue weighted by atomic mass is 32.2. The number of rotatable bonds is 5. The topological polar surface area (TPSA) is 79.2 Å². The first-order valence-electron chi connectivity index (χ1n) is 8.81. The molecule has 1 heterocycles. The van der Waals surface area contributed by atoms with Crippen LogP contribution < -0.4 is 5.32 Å². The largest absolute Gasteiger partial charge is 0.468 e. The highest BCUT2D eigenvalue weighted by molar-refractivity contribution is 8.02. The Morgan fingerprint density at radius 2 is 1.86 bits per heavy atom. The molecule has 6 heteroatoms. The summed E-state index contributed by atoms with van der Waals surface area (Å²) in [6.45, 7) is 1.96. The number of amides is 1. The second-order valence-corrected chi connectivity index (χ2v) is 7.49. The van der Waals surface area contributed by atoms with Crippen molar-refractivity contribution in [3.05, 3.63) is 81.9 Å². The van der Waals surface area contributed by atoms with Crippen LogP contribution in [0.1, 0.15) is 22.6 Å². The molecule has 1 aliphatic heterocycles. The number of allylic oxidation sites excluding steroid dienone is 1. The van der Waals surface area contributed by atoms with Gasteiger partial charge in [0, 0.05) is 11.7 Å². The molecule has 2 unspecified atom stereocenters. The maximum Gasteiger partial charge on any atom is 0.319 e. The lowest BCUT2D eigenvalue weighted by Crippen LogP contribution is -2.44. The first kappa shape index (κ1) is 19.7. The Morgan fingerprint density at radius 3 is 2.46 bits per heavy atom. The first-order chi connectivity index (χ1) is 13.5. The number of methoxy groups -OCH3 is 1. The molecule has 0 aliphatic carbocycles. The number of thioether (sulfide) groups is 1. The predicted octanol–water partition coefficient (Wildman–Crippen LogP) is 3.67. The van der Waals surface area contributed by atoms with Gasteiger partial charge in [0.1, 0.15) is 5.92 Å². The number of esters is 1. The van der Waals surface area contributed by atoms with Crippen molar-refractivity contribution >= 4 is 23.6 Å². The molecule has 0 aromatic heterocycles. The molecule has 3 rings (SSSR count). The van der Waals surface area contributed by atoms with Crippen molar-refractivity contribution in [1.82, 2.24) is 5.32 Å². The fourth-order valence-corrected chi connectivity index (χ4v) is 4.19. The Labute approximate surface area is 168 Å². The second kappa shape index (κ2) is 8.77. The van der Waals surface area contributed by atoms with Crippen LogP contribution in [0.3, 0.4) is 0 Å². The van der Waals surface area contributed by atoms with Crippen molar-refractivity contribution in [2.45, 2.75) is 18.6 Å². The molecule has 28 heavy (non-hydrogen) atoms. The van der Waals surface area contributed by atoms with Crippen LogP contribution in [-0.4, -0.2) is 19.0 Å². The fraction of sp³-hybridized carbons (Fsp3) is 0.227. The highest BCUT2D eigenvalue weighted by Crippen LogP contribution is 2.40. The van der Waals surface area contributed by atoms with E-state index in [9.17, 15) is 14.9 Å². The molecule has 0 spiro atoms. The molecular weight excluding hydrogens is 372 g/mol. The van der Waals surface area contributed by atoms with Gasteiger partial charge < -0.3 is 10.1 Å². The summed E-state index contributed by atoms with van der Waals surface area (Å²) in [6.07, 6.45) is 0. The van der Waals surface area contributed by atoms with Crippen LogP contribution in [0.2, 0.25) is 0 Å². The number of hydrogen-bond acceptors (Lipinski definition) is 5. The van der Waals surface area contributed by atoms with Crippen molar-refractivity contribution in [2.75, 3.05) is 7.11 Å². The summed E-state index contributed by atoms with van der Waals surface area (Å²) < 4.78 is 4.85. The first-order valence-corrected chi connectivity index (χ1v) is 9.80. The Morgan fingerprint density at radius 1 is 1.18 bits per heavy atom. The average molecular weight is 392 g/mol. The Balaban J connectivity index is 2.02. The van der Waals surface area contributed by atoms with Gasteiger partial charge in [0.05, 0.1) is 23.8 Å². The molecule has 2 atom stereocenters. The summed E-state index contributed by atoms with van der Waals surface area (Å²) in [5.41, 5.74) is 3.25. The maximum atomic E-state index is 12.8. The monoisotopic (exact) mass is 392 g/mol. The zero-order valence-electron chi connectivity index (χ0n) is 15.6. The average Bonchev–Trinajstić information content (AvgIpc) is 2.72. The lowest BCUT2D eigenvalue weighted by molar-refractivity contribution is -0.150. The molecule has 142 valence electrons. The summed E-state index contributed by atoms with van der Waals surface area (Å²) in [5.74, 6) is -2.27. The molecule has 1 amide bonds. The zero-order valence-corrected chi connectivity index (χ0v) is 16.5. The van der Waals surface area contributed by atoms with Gasteiger partial charge in [-0.1, -0.05) is 60.2 Å². The van der Waals surface area contributed by atoms with Crippen LogP contribution >= 0.6 is 11.8 Å². The number of nitriles is 1. The van der Waals surface area contributed by atoms with E-state index < -0.39 is 23.7 Å². The number of carbonyl (C=O) groups is 2. The number of nitrogens with one attached hydrogen (secondary N) is 1. The number of ether oxygens (including phenoxy) is 1. The predicted molar refractivity (Wildman–Crippen MR) is 108 cm³/mol. The molecular formula is C22H20N2O3S. The summed E-state index contributed by atoms with van der Waals surface area (Å²) in [6, 6.07) is 19.5. The van der Waals surface area contributed by atoms with Gasteiger partial charge in [-0.3, -0.25) is 9.59 Å². The minimum atomic E-state index is -1.09. The van der Waals surface area contributed by atoms with E-state index in [1.54, 1.807) is 0 Å². The van der Waals surface area contributed by atoms with E-state index in [4.69, 9.17) is 4.74 Å². The molecule has 2 aromatic carbocycles. The number of benzene rings is 2. The van der Waals surface area contributed by atoms with E-state index in [0.29, 0.717) is 16.4 Å². The van der Waals surface area contributed by atoms with Crippen molar-refractivity contribution in [1.29, 1.82) is 5.26 Å². The maximum absolute atomic E-state index is 12.8. The van der Waals surface area contributed by atoms with E-state index in [2.05, 4.69) is 11.4 Å². The molecule has 0 fully saturated rings. The van der Waals surface area contributed by atoms with Crippen molar-refractivity contribution in [3.63, 3.8) is 0 Å². The third kappa shape index (κ3) is 4.10. The van der Waals surface area contributed by atoms with Crippen LogP contribution in [0.15, 0.2) is 65.2 Å². The second-order valence-electron chi connectivity index (χ2n) is 6.51. The van der Waals surface area contributed by atoms with Crippen LogP contribution in [-0.2, 0) is 20.1 Å². The van der Waals surface area contributed by atoms with Crippen molar-refractivity contribution in [2.24, 2.45) is 5.92 Å². The minimum Gasteiger partial charge on any atom is -0.468 e. The zero-order chi connectivity index (χ0) is 20.1. The summed E-state index contributed by atoms with van der Waals surface area (Å²) in [4.78, 5) is 25.1. The Hall–Kier alpha value is -3.04. The summed E-state index contributed by atoms with van der Waals surface area (Å²) in [7, 11) is 1.25. The van der Waals surface area contributed by atoms with E-state index in [1.807, 2.05) is 61.5 Å². The molecule has 5 nitrogen and oxygen atoms in total. The lowest BCUT2D eigenvalue weighted by atomic mass is 9.78. The van der Waals surface area contributed by atoms with Crippen LogP contribution in [0.4, 0.5) is 0 Å².